The Morgan fingerprint density at radius 2 is 2.06 bits per heavy atom. The summed E-state index contributed by atoms with van der Waals surface area (Å²) >= 11 is 5.76. The van der Waals surface area contributed by atoms with Crippen LogP contribution in [0.15, 0.2) is 23.1 Å². The summed E-state index contributed by atoms with van der Waals surface area (Å²) in [6.45, 7) is 2.69. The van der Waals surface area contributed by atoms with Crippen LogP contribution in [-0.4, -0.2) is 27.4 Å². The summed E-state index contributed by atoms with van der Waals surface area (Å²) in [7, 11) is -3.43. The summed E-state index contributed by atoms with van der Waals surface area (Å²) in [5.41, 5.74) is 5.84. The van der Waals surface area contributed by atoms with E-state index in [1.165, 1.54) is 12.1 Å². The summed E-state index contributed by atoms with van der Waals surface area (Å²) in [6, 6.07) is 4.41. The van der Waals surface area contributed by atoms with Crippen molar-refractivity contribution in [3.8, 4) is 0 Å². The standard InChI is InChI=1S/C11H16ClNO3S/c1-2-5-16-6-7-17(14,15)11-8-9(12)3-4-10(11)13/h3-4,8H,2,5-7,13H2,1H3. The summed E-state index contributed by atoms with van der Waals surface area (Å²) < 4.78 is 29.1. The van der Waals surface area contributed by atoms with Gasteiger partial charge >= 0.3 is 0 Å². The molecule has 6 heteroatoms. The van der Waals surface area contributed by atoms with Crippen molar-refractivity contribution in [2.75, 3.05) is 24.7 Å². The van der Waals surface area contributed by atoms with Crippen molar-refractivity contribution in [2.24, 2.45) is 0 Å². The number of anilines is 1. The lowest BCUT2D eigenvalue weighted by atomic mass is 10.3. The van der Waals surface area contributed by atoms with Gasteiger partial charge < -0.3 is 10.5 Å². The molecule has 0 aliphatic rings. The largest absolute Gasteiger partial charge is 0.398 e. The third-order valence-corrected chi connectivity index (χ3v) is 4.12. The van der Waals surface area contributed by atoms with E-state index in [2.05, 4.69) is 0 Å². The topological polar surface area (TPSA) is 69.4 Å². The highest BCUT2D eigenvalue weighted by Gasteiger charge is 2.17. The van der Waals surface area contributed by atoms with Gasteiger partial charge in [0.1, 0.15) is 0 Å². The first-order valence-corrected chi connectivity index (χ1v) is 7.36. The number of hydrogen-bond acceptors (Lipinski definition) is 4. The van der Waals surface area contributed by atoms with E-state index in [1.807, 2.05) is 6.92 Å². The lowest BCUT2D eigenvalue weighted by molar-refractivity contribution is 0.149. The number of sulfone groups is 1. The molecule has 0 spiro atoms. The summed E-state index contributed by atoms with van der Waals surface area (Å²) in [5.74, 6) is -0.0858. The third kappa shape index (κ3) is 4.18. The highest BCUT2D eigenvalue weighted by Crippen LogP contribution is 2.23. The summed E-state index contributed by atoms with van der Waals surface area (Å²) in [5, 5.41) is 0.354. The number of halogens is 1. The van der Waals surface area contributed by atoms with Gasteiger partial charge in [0, 0.05) is 11.6 Å². The highest BCUT2D eigenvalue weighted by atomic mass is 35.5. The molecule has 1 aromatic carbocycles. The fourth-order valence-corrected chi connectivity index (χ4v) is 2.83. The van der Waals surface area contributed by atoms with Gasteiger partial charge in [-0.2, -0.15) is 0 Å². The van der Waals surface area contributed by atoms with Gasteiger partial charge in [-0.1, -0.05) is 18.5 Å². The SMILES string of the molecule is CCCOCCS(=O)(=O)c1cc(Cl)ccc1N. The normalized spacial score (nSPS) is 11.6. The van der Waals surface area contributed by atoms with E-state index in [-0.39, 0.29) is 22.9 Å². The van der Waals surface area contributed by atoms with E-state index in [0.717, 1.165) is 6.42 Å². The molecule has 0 aliphatic carbocycles. The molecule has 2 N–H and O–H groups in total. The van der Waals surface area contributed by atoms with Crippen LogP contribution < -0.4 is 5.73 Å². The third-order valence-electron chi connectivity index (χ3n) is 2.16. The van der Waals surface area contributed by atoms with Gasteiger partial charge in [0.2, 0.25) is 0 Å². The molecule has 0 aliphatic heterocycles. The Hall–Kier alpha value is -0.780. The summed E-state index contributed by atoms with van der Waals surface area (Å²) in [6.07, 6.45) is 0.860. The summed E-state index contributed by atoms with van der Waals surface area (Å²) in [4.78, 5) is 0.0742. The van der Waals surface area contributed by atoms with Gasteiger partial charge in [0.25, 0.3) is 0 Å². The average Bonchev–Trinajstić information content (AvgIpc) is 2.28. The fourth-order valence-electron chi connectivity index (χ4n) is 1.30. The van der Waals surface area contributed by atoms with Gasteiger partial charge in [-0.25, -0.2) is 8.42 Å². The van der Waals surface area contributed by atoms with Crippen molar-refractivity contribution in [3.63, 3.8) is 0 Å². The van der Waals surface area contributed by atoms with Crippen LogP contribution in [0.4, 0.5) is 5.69 Å². The van der Waals surface area contributed by atoms with Crippen LogP contribution in [0.3, 0.4) is 0 Å². The number of benzene rings is 1. The Labute approximate surface area is 107 Å². The zero-order valence-electron chi connectivity index (χ0n) is 9.65. The minimum absolute atomic E-state index is 0.0742. The van der Waals surface area contributed by atoms with Crippen LogP contribution in [-0.2, 0) is 14.6 Å². The molecule has 0 amide bonds. The van der Waals surface area contributed by atoms with E-state index < -0.39 is 9.84 Å². The molecule has 0 radical (unpaired) electrons. The molecule has 0 unspecified atom stereocenters. The van der Waals surface area contributed by atoms with E-state index in [9.17, 15) is 8.42 Å². The van der Waals surface area contributed by atoms with E-state index in [1.54, 1.807) is 6.07 Å². The minimum Gasteiger partial charge on any atom is -0.398 e. The molecule has 96 valence electrons. The van der Waals surface area contributed by atoms with Gasteiger partial charge in [-0.15, -0.1) is 0 Å². The van der Waals surface area contributed by atoms with Crippen molar-refractivity contribution in [3.05, 3.63) is 23.2 Å². The lowest BCUT2D eigenvalue weighted by Crippen LogP contribution is -2.14. The molecule has 0 aromatic heterocycles. The van der Waals surface area contributed by atoms with Crippen molar-refractivity contribution in [2.45, 2.75) is 18.2 Å². The first-order valence-electron chi connectivity index (χ1n) is 5.33. The molecule has 17 heavy (non-hydrogen) atoms. The number of rotatable bonds is 6. The second-order valence-corrected chi connectivity index (χ2v) is 6.13. The molecule has 4 nitrogen and oxygen atoms in total. The molecule has 1 rings (SSSR count). The van der Waals surface area contributed by atoms with Crippen molar-refractivity contribution < 1.29 is 13.2 Å². The predicted octanol–water partition coefficient (Wildman–Crippen LogP) is 2.12. The molecule has 0 saturated heterocycles. The Bertz CT molecular complexity index is 474. The molecular formula is C11H16ClNO3S. The molecule has 0 bridgehead atoms. The quantitative estimate of drug-likeness (QED) is 0.639. The predicted molar refractivity (Wildman–Crippen MR) is 69.0 cm³/mol. The number of hydrogen-bond donors (Lipinski definition) is 1. The molecule has 0 heterocycles. The molecule has 0 fully saturated rings. The van der Waals surface area contributed by atoms with Gasteiger partial charge in [-0.3, -0.25) is 0 Å². The maximum Gasteiger partial charge on any atom is 0.182 e. The van der Waals surface area contributed by atoms with E-state index in [4.69, 9.17) is 22.1 Å². The minimum atomic E-state index is -3.43. The van der Waals surface area contributed by atoms with Crippen molar-refractivity contribution in [1.82, 2.24) is 0 Å². The monoisotopic (exact) mass is 277 g/mol. The molecule has 0 saturated carbocycles. The second-order valence-electron chi connectivity index (χ2n) is 3.61. The zero-order valence-corrected chi connectivity index (χ0v) is 11.2. The Kier molecular flexibility index (Phi) is 5.24. The number of nitrogens with two attached hydrogens (primary N) is 1. The van der Waals surface area contributed by atoms with Crippen LogP contribution in [0.5, 0.6) is 0 Å². The van der Waals surface area contributed by atoms with Crippen molar-refractivity contribution in [1.29, 1.82) is 0 Å². The lowest BCUT2D eigenvalue weighted by Gasteiger charge is -2.08. The second kappa shape index (κ2) is 6.23. The first kappa shape index (κ1) is 14.3. The molecule has 1 aromatic rings. The Morgan fingerprint density at radius 1 is 1.35 bits per heavy atom. The smallest absolute Gasteiger partial charge is 0.182 e. The van der Waals surface area contributed by atoms with Crippen molar-refractivity contribution >= 4 is 27.1 Å². The van der Waals surface area contributed by atoms with Crippen LogP contribution in [0, 0.1) is 0 Å². The first-order chi connectivity index (χ1) is 7.97. The van der Waals surface area contributed by atoms with Gasteiger partial charge in [-0.05, 0) is 24.6 Å². The average molecular weight is 278 g/mol. The van der Waals surface area contributed by atoms with E-state index in [0.29, 0.717) is 11.6 Å². The van der Waals surface area contributed by atoms with E-state index >= 15 is 0 Å². The maximum atomic E-state index is 11.9. The molecular weight excluding hydrogens is 262 g/mol. The zero-order chi connectivity index (χ0) is 12.9. The number of ether oxygens (including phenoxy) is 1. The maximum absolute atomic E-state index is 11.9. The van der Waals surface area contributed by atoms with Crippen LogP contribution >= 0.6 is 11.6 Å². The fraction of sp³-hybridized carbons (Fsp3) is 0.455. The number of nitrogen functional groups attached to an aromatic ring is 1. The highest BCUT2D eigenvalue weighted by molar-refractivity contribution is 7.91. The Morgan fingerprint density at radius 3 is 2.71 bits per heavy atom. The van der Waals surface area contributed by atoms with Crippen LogP contribution in [0.2, 0.25) is 5.02 Å². The van der Waals surface area contributed by atoms with Crippen LogP contribution in [0.25, 0.3) is 0 Å². The van der Waals surface area contributed by atoms with Gasteiger partial charge in [0.05, 0.1) is 22.9 Å². The Balaban J connectivity index is 2.79. The molecule has 0 atom stereocenters. The van der Waals surface area contributed by atoms with Crippen LogP contribution in [0.1, 0.15) is 13.3 Å². The van der Waals surface area contributed by atoms with Gasteiger partial charge in [0.15, 0.2) is 9.84 Å².